The van der Waals surface area contributed by atoms with Crippen molar-refractivity contribution in [1.82, 2.24) is 19.6 Å². The third-order valence-electron chi connectivity index (χ3n) is 4.48. The smallest absolute Gasteiger partial charge is 0.251 e. The first-order valence-electron chi connectivity index (χ1n) is 8.08. The van der Waals surface area contributed by atoms with Gasteiger partial charge in [0.2, 0.25) is 0 Å². The van der Waals surface area contributed by atoms with Crippen molar-refractivity contribution in [1.29, 1.82) is 0 Å². The van der Waals surface area contributed by atoms with E-state index in [1.807, 2.05) is 0 Å². The molecule has 1 aliphatic rings. The van der Waals surface area contributed by atoms with E-state index in [4.69, 9.17) is 27.9 Å². The monoisotopic (exact) mass is 389 g/mol. The Morgan fingerprint density at radius 3 is 2.62 bits per heavy atom. The number of pyridine rings is 1. The number of methoxy groups -OCH3 is 1. The molecular formula is C18H15Cl2N4O2. The average Bonchev–Trinajstić information content (AvgIpc) is 3.01. The van der Waals surface area contributed by atoms with Gasteiger partial charge in [-0.3, -0.25) is 4.79 Å². The highest BCUT2D eigenvalue weighted by molar-refractivity contribution is 6.31. The third kappa shape index (κ3) is 2.99. The van der Waals surface area contributed by atoms with E-state index in [1.54, 1.807) is 53.0 Å². The first kappa shape index (κ1) is 17.1. The molecule has 0 amide bonds. The van der Waals surface area contributed by atoms with Crippen molar-refractivity contribution < 1.29 is 4.74 Å². The Morgan fingerprint density at radius 1 is 1.19 bits per heavy atom. The second-order valence-corrected chi connectivity index (χ2v) is 6.85. The predicted molar refractivity (Wildman–Crippen MR) is 100 cm³/mol. The maximum Gasteiger partial charge on any atom is 0.251 e. The molecule has 1 atom stereocenters. The van der Waals surface area contributed by atoms with E-state index in [0.717, 1.165) is 12.8 Å². The van der Waals surface area contributed by atoms with Crippen LogP contribution in [0, 0.1) is 6.42 Å². The molecule has 0 bridgehead atoms. The molecule has 0 spiro atoms. The van der Waals surface area contributed by atoms with Gasteiger partial charge in [0.05, 0.1) is 25.2 Å². The van der Waals surface area contributed by atoms with Gasteiger partial charge in [0.25, 0.3) is 5.56 Å². The maximum atomic E-state index is 12.7. The maximum absolute atomic E-state index is 12.7. The van der Waals surface area contributed by atoms with Crippen molar-refractivity contribution in [2.45, 2.75) is 18.9 Å². The van der Waals surface area contributed by atoms with E-state index in [1.165, 1.54) is 0 Å². The normalized spacial score (nSPS) is 14.3. The van der Waals surface area contributed by atoms with E-state index < -0.39 is 0 Å². The number of aromatic nitrogens is 4. The number of halogens is 2. The first-order chi connectivity index (χ1) is 12.6. The molecule has 26 heavy (non-hydrogen) atoms. The lowest BCUT2D eigenvalue weighted by atomic mass is 9.92. The van der Waals surface area contributed by atoms with Crippen LogP contribution in [-0.4, -0.2) is 26.7 Å². The topological polar surface area (TPSA) is 61.9 Å². The quantitative estimate of drug-likeness (QED) is 0.677. The molecule has 3 aromatic rings. The Morgan fingerprint density at radius 2 is 2.00 bits per heavy atom. The van der Waals surface area contributed by atoms with Gasteiger partial charge >= 0.3 is 0 Å². The molecule has 0 saturated heterocycles. The molecule has 0 aliphatic heterocycles. The lowest BCUT2D eigenvalue weighted by molar-refractivity contribution is 0.381. The summed E-state index contributed by atoms with van der Waals surface area (Å²) in [6.07, 6.45) is 7.43. The molecule has 8 heteroatoms. The van der Waals surface area contributed by atoms with E-state index >= 15 is 0 Å². The predicted octanol–water partition coefficient (Wildman–Crippen LogP) is 3.95. The van der Waals surface area contributed by atoms with Crippen molar-refractivity contribution in [3.8, 4) is 22.6 Å². The minimum atomic E-state index is -0.0932. The molecule has 4 rings (SSSR count). The summed E-state index contributed by atoms with van der Waals surface area (Å²) < 4.78 is 8.80. The molecule has 1 aliphatic carbocycles. The molecule has 1 radical (unpaired) electrons. The van der Waals surface area contributed by atoms with Gasteiger partial charge in [-0.25, -0.2) is 4.68 Å². The summed E-state index contributed by atoms with van der Waals surface area (Å²) in [7, 11) is 1.58. The Bertz CT molecular complexity index is 1020. The highest BCUT2D eigenvalue weighted by atomic mass is 35.5. The summed E-state index contributed by atoms with van der Waals surface area (Å²) in [4.78, 5) is 12.7. The number of ether oxygens (including phenoxy) is 1. The van der Waals surface area contributed by atoms with Crippen LogP contribution in [0.15, 0.2) is 41.5 Å². The highest BCUT2D eigenvalue weighted by Gasteiger charge is 2.23. The molecule has 133 valence electrons. The Labute approximate surface area is 159 Å². The standard InChI is InChI=1S/C18H15Cl2N4O2/c1-26-16-9-23(12-3-2-4-12)18(25)8-14(16)13-7-11(19)5-6-15(13)24-10-17(20)21-22-24/h3,5-10,12H,2,4H2,1H3. The molecular weight excluding hydrogens is 375 g/mol. The molecule has 0 N–H and O–H groups in total. The van der Waals surface area contributed by atoms with Crippen molar-refractivity contribution >= 4 is 23.2 Å². The number of hydrogen-bond donors (Lipinski definition) is 0. The van der Waals surface area contributed by atoms with E-state index in [2.05, 4.69) is 16.7 Å². The molecule has 1 unspecified atom stereocenters. The minimum absolute atomic E-state index is 0.0932. The second kappa shape index (κ2) is 6.78. The van der Waals surface area contributed by atoms with Crippen LogP contribution in [-0.2, 0) is 0 Å². The number of nitrogens with zero attached hydrogens (tertiary/aromatic N) is 4. The van der Waals surface area contributed by atoms with Crippen LogP contribution in [0.3, 0.4) is 0 Å². The van der Waals surface area contributed by atoms with Gasteiger partial charge in [0.1, 0.15) is 5.75 Å². The van der Waals surface area contributed by atoms with Gasteiger partial charge in [-0.1, -0.05) is 28.4 Å². The number of benzene rings is 1. The second-order valence-electron chi connectivity index (χ2n) is 6.03. The fourth-order valence-electron chi connectivity index (χ4n) is 3.01. The van der Waals surface area contributed by atoms with E-state index in [9.17, 15) is 4.79 Å². The molecule has 6 nitrogen and oxygen atoms in total. The van der Waals surface area contributed by atoms with Crippen LogP contribution in [0.25, 0.3) is 16.8 Å². The number of rotatable bonds is 4. The van der Waals surface area contributed by atoms with Gasteiger partial charge in [-0.05, 0) is 37.5 Å². The Balaban J connectivity index is 1.91. The lowest BCUT2D eigenvalue weighted by Crippen LogP contribution is -2.28. The lowest BCUT2D eigenvalue weighted by Gasteiger charge is -2.28. The zero-order valence-electron chi connectivity index (χ0n) is 13.9. The average molecular weight is 390 g/mol. The van der Waals surface area contributed by atoms with E-state index in [-0.39, 0.29) is 16.8 Å². The van der Waals surface area contributed by atoms with Crippen LogP contribution in [0.5, 0.6) is 5.75 Å². The largest absolute Gasteiger partial charge is 0.495 e. The van der Waals surface area contributed by atoms with Crippen LogP contribution in [0.1, 0.15) is 18.9 Å². The summed E-state index contributed by atoms with van der Waals surface area (Å²) in [6, 6.07) is 7.00. The van der Waals surface area contributed by atoms with Crippen LogP contribution in [0.4, 0.5) is 0 Å². The van der Waals surface area contributed by atoms with E-state index in [0.29, 0.717) is 27.6 Å². The zero-order valence-corrected chi connectivity index (χ0v) is 15.4. The summed E-state index contributed by atoms with van der Waals surface area (Å²) in [5.41, 5.74) is 1.94. The van der Waals surface area contributed by atoms with Gasteiger partial charge in [-0.2, -0.15) is 0 Å². The van der Waals surface area contributed by atoms with Crippen LogP contribution in [0.2, 0.25) is 10.2 Å². The molecule has 1 fully saturated rings. The Kier molecular flexibility index (Phi) is 4.46. The minimum Gasteiger partial charge on any atom is -0.495 e. The van der Waals surface area contributed by atoms with Gasteiger partial charge in [-0.15, -0.1) is 5.10 Å². The SMILES string of the molecule is COc1cn(C2[CH]CC2)c(=O)cc1-c1cc(Cl)ccc1-n1cc(Cl)nn1. The summed E-state index contributed by atoms with van der Waals surface area (Å²) >= 11 is 12.1. The third-order valence-corrected chi connectivity index (χ3v) is 4.89. The van der Waals surface area contributed by atoms with Gasteiger partial charge in [0.15, 0.2) is 5.15 Å². The van der Waals surface area contributed by atoms with Crippen LogP contribution < -0.4 is 10.3 Å². The first-order valence-corrected chi connectivity index (χ1v) is 8.84. The highest BCUT2D eigenvalue weighted by Crippen LogP contribution is 2.37. The fraction of sp³-hybridized carbons (Fsp3) is 0.222. The van der Waals surface area contributed by atoms with Gasteiger partial charge < -0.3 is 9.30 Å². The van der Waals surface area contributed by atoms with Crippen molar-refractivity contribution in [2.75, 3.05) is 7.11 Å². The van der Waals surface area contributed by atoms with Gasteiger partial charge in [0, 0.05) is 28.3 Å². The summed E-state index contributed by atoms with van der Waals surface area (Å²) in [6.45, 7) is 0. The van der Waals surface area contributed by atoms with Crippen molar-refractivity contribution in [2.24, 2.45) is 0 Å². The van der Waals surface area contributed by atoms with Crippen LogP contribution >= 0.6 is 23.2 Å². The Hall–Kier alpha value is -2.31. The fourth-order valence-corrected chi connectivity index (χ4v) is 3.31. The summed E-state index contributed by atoms with van der Waals surface area (Å²) in [5, 5.41) is 8.63. The molecule has 1 aromatic carbocycles. The molecule has 2 heterocycles. The molecule has 2 aromatic heterocycles. The van der Waals surface area contributed by atoms with Crippen molar-refractivity contribution in [3.05, 3.63) is 63.6 Å². The van der Waals surface area contributed by atoms with Crippen molar-refractivity contribution in [3.63, 3.8) is 0 Å². The molecule has 1 saturated carbocycles. The summed E-state index contributed by atoms with van der Waals surface area (Å²) in [5.74, 6) is 0.583. The number of hydrogen-bond acceptors (Lipinski definition) is 4. The zero-order chi connectivity index (χ0) is 18.3.